The van der Waals surface area contributed by atoms with Gasteiger partial charge in [0, 0.05) is 24.8 Å². The second kappa shape index (κ2) is 5.71. The number of hydrogen-bond acceptors (Lipinski definition) is 6. The number of carboxylic acid groups (broad SMARTS) is 1. The first kappa shape index (κ1) is 14.7. The van der Waals surface area contributed by atoms with Crippen molar-refractivity contribution in [2.75, 3.05) is 7.11 Å². The van der Waals surface area contributed by atoms with Gasteiger partial charge in [0.1, 0.15) is 5.69 Å². The van der Waals surface area contributed by atoms with Gasteiger partial charge < -0.3 is 14.3 Å². The van der Waals surface area contributed by atoms with E-state index in [1.807, 2.05) is 0 Å². The zero-order valence-corrected chi connectivity index (χ0v) is 11.3. The van der Waals surface area contributed by atoms with Gasteiger partial charge in [-0.15, -0.1) is 0 Å². The number of benzene rings is 1. The van der Waals surface area contributed by atoms with E-state index >= 15 is 0 Å². The minimum absolute atomic E-state index is 0.00579. The van der Waals surface area contributed by atoms with Crippen LogP contribution in [0.4, 0.5) is 5.69 Å². The molecule has 8 nitrogen and oxygen atoms in total. The number of nitrogens with zero attached hydrogens (tertiary/aromatic N) is 2. The molecule has 0 saturated heterocycles. The lowest BCUT2D eigenvalue weighted by atomic mass is 10.1. The molecule has 0 aliphatic carbocycles. The van der Waals surface area contributed by atoms with E-state index in [2.05, 4.69) is 4.98 Å². The third-order valence-electron chi connectivity index (χ3n) is 2.69. The van der Waals surface area contributed by atoms with Crippen LogP contribution in [0.3, 0.4) is 0 Å². The molecular formula is C13H12N2O6. The van der Waals surface area contributed by atoms with Crippen LogP contribution >= 0.6 is 0 Å². The SMILES string of the molecule is COCc1nc(-c2cc(C)cc([N+](=O)[O-])c2)oc1C(=O)O. The molecule has 0 spiro atoms. The molecule has 2 rings (SSSR count). The highest BCUT2D eigenvalue weighted by Gasteiger charge is 2.21. The van der Waals surface area contributed by atoms with E-state index in [0.29, 0.717) is 11.1 Å². The highest BCUT2D eigenvalue weighted by Crippen LogP contribution is 2.27. The Labute approximate surface area is 119 Å². The molecule has 0 amide bonds. The van der Waals surface area contributed by atoms with Crippen LogP contribution in [0.5, 0.6) is 0 Å². The molecular weight excluding hydrogens is 280 g/mol. The lowest BCUT2D eigenvalue weighted by Crippen LogP contribution is -2.00. The number of ether oxygens (including phenoxy) is 1. The summed E-state index contributed by atoms with van der Waals surface area (Å²) in [5.74, 6) is -1.61. The van der Waals surface area contributed by atoms with Gasteiger partial charge in [-0.2, -0.15) is 0 Å². The Morgan fingerprint density at radius 2 is 2.19 bits per heavy atom. The number of carboxylic acids is 1. The molecule has 0 fully saturated rings. The van der Waals surface area contributed by atoms with E-state index < -0.39 is 10.9 Å². The van der Waals surface area contributed by atoms with Gasteiger partial charge in [-0.05, 0) is 18.6 Å². The van der Waals surface area contributed by atoms with Crippen LogP contribution in [-0.4, -0.2) is 28.1 Å². The molecule has 1 N–H and O–H groups in total. The number of oxazole rings is 1. The van der Waals surface area contributed by atoms with Crippen molar-refractivity contribution in [3.8, 4) is 11.5 Å². The maximum absolute atomic E-state index is 11.1. The summed E-state index contributed by atoms with van der Waals surface area (Å²) in [6.07, 6.45) is 0. The second-order valence-electron chi connectivity index (χ2n) is 4.35. The molecule has 0 radical (unpaired) electrons. The van der Waals surface area contributed by atoms with Gasteiger partial charge >= 0.3 is 5.97 Å². The maximum atomic E-state index is 11.1. The summed E-state index contributed by atoms with van der Waals surface area (Å²) in [5.41, 5.74) is 0.992. The fourth-order valence-electron chi connectivity index (χ4n) is 1.87. The van der Waals surface area contributed by atoms with E-state index in [0.717, 1.165) is 0 Å². The zero-order chi connectivity index (χ0) is 15.6. The number of aryl methyl sites for hydroxylation is 1. The fourth-order valence-corrected chi connectivity index (χ4v) is 1.87. The second-order valence-corrected chi connectivity index (χ2v) is 4.35. The van der Waals surface area contributed by atoms with Crippen molar-refractivity contribution in [1.29, 1.82) is 0 Å². The highest BCUT2D eigenvalue weighted by atomic mass is 16.6. The number of carbonyl (C=O) groups is 1. The number of aromatic carboxylic acids is 1. The Balaban J connectivity index is 2.54. The summed E-state index contributed by atoms with van der Waals surface area (Å²) in [5, 5.41) is 19.9. The average Bonchev–Trinajstić information content (AvgIpc) is 2.82. The van der Waals surface area contributed by atoms with Crippen LogP contribution in [0.25, 0.3) is 11.5 Å². The number of rotatable bonds is 5. The first-order valence-corrected chi connectivity index (χ1v) is 5.90. The van der Waals surface area contributed by atoms with Gasteiger partial charge in [0.2, 0.25) is 11.7 Å². The topological polar surface area (TPSA) is 116 Å². The van der Waals surface area contributed by atoms with Crippen LogP contribution in [0, 0.1) is 17.0 Å². The molecule has 0 aliphatic heterocycles. The van der Waals surface area contributed by atoms with E-state index in [1.54, 1.807) is 13.0 Å². The molecule has 110 valence electrons. The summed E-state index contributed by atoms with van der Waals surface area (Å²) in [4.78, 5) is 25.4. The molecule has 1 aromatic carbocycles. The Kier molecular flexibility index (Phi) is 3.99. The monoisotopic (exact) mass is 292 g/mol. The highest BCUT2D eigenvalue weighted by molar-refractivity contribution is 5.86. The number of nitro groups is 1. The van der Waals surface area contributed by atoms with E-state index in [1.165, 1.54) is 19.2 Å². The lowest BCUT2D eigenvalue weighted by Gasteiger charge is -1.99. The third-order valence-corrected chi connectivity index (χ3v) is 2.69. The average molecular weight is 292 g/mol. The van der Waals surface area contributed by atoms with Gasteiger partial charge in [-0.25, -0.2) is 9.78 Å². The lowest BCUT2D eigenvalue weighted by molar-refractivity contribution is -0.384. The number of aromatic nitrogens is 1. The molecule has 2 aromatic rings. The van der Waals surface area contributed by atoms with Crippen molar-refractivity contribution in [1.82, 2.24) is 4.98 Å². The Morgan fingerprint density at radius 1 is 1.48 bits per heavy atom. The van der Waals surface area contributed by atoms with Gasteiger partial charge in [0.15, 0.2) is 0 Å². The number of nitro benzene ring substituents is 1. The molecule has 1 aromatic heterocycles. The predicted molar refractivity (Wildman–Crippen MR) is 71.0 cm³/mol. The predicted octanol–water partition coefficient (Wildman–Crippen LogP) is 2.40. The Hall–Kier alpha value is -2.74. The van der Waals surface area contributed by atoms with Gasteiger partial charge in [-0.1, -0.05) is 0 Å². The number of hydrogen-bond donors (Lipinski definition) is 1. The Bertz CT molecular complexity index is 707. The summed E-state index contributed by atoms with van der Waals surface area (Å²) >= 11 is 0. The molecule has 0 aliphatic rings. The van der Waals surface area contributed by atoms with Crippen molar-refractivity contribution in [3.63, 3.8) is 0 Å². The van der Waals surface area contributed by atoms with E-state index in [9.17, 15) is 14.9 Å². The molecule has 1 heterocycles. The van der Waals surface area contributed by atoms with Crippen molar-refractivity contribution in [2.45, 2.75) is 13.5 Å². The first-order chi connectivity index (χ1) is 9.92. The first-order valence-electron chi connectivity index (χ1n) is 5.90. The van der Waals surface area contributed by atoms with Crippen LogP contribution in [-0.2, 0) is 11.3 Å². The molecule has 21 heavy (non-hydrogen) atoms. The van der Waals surface area contributed by atoms with E-state index in [-0.39, 0.29) is 29.6 Å². The fraction of sp³-hybridized carbons (Fsp3) is 0.231. The minimum atomic E-state index is -1.28. The van der Waals surface area contributed by atoms with Crippen LogP contribution in [0.2, 0.25) is 0 Å². The summed E-state index contributed by atoms with van der Waals surface area (Å²) in [7, 11) is 1.40. The Morgan fingerprint density at radius 3 is 2.76 bits per heavy atom. The summed E-state index contributed by atoms with van der Waals surface area (Å²) in [6.45, 7) is 1.66. The number of methoxy groups -OCH3 is 1. The van der Waals surface area contributed by atoms with Crippen molar-refractivity contribution in [3.05, 3.63) is 45.3 Å². The van der Waals surface area contributed by atoms with Crippen LogP contribution in [0.1, 0.15) is 21.8 Å². The molecule has 0 unspecified atom stereocenters. The van der Waals surface area contributed by atoms with Crippen LogP contribution in [0.15, 0.2) is 22.6 Å². The summed E-state index contributed by atoms with van der Waals surface area (Å²) < 4.78 is 10.1. The third kappa shape index (κ3) is 3.06. The maximum Gasteiger partial charge on any atom is 0.373 e. The van der Waals surface area contributed by atoms with Gasteiger partial charge in [0.05, 0.1) is 11.5 Å². The zero-order valence-electron chi connectivity index (χ0n) is 11.3. The molecule has 0 bridgehead atoms. The van der Waals surface area contributed by atoms with Gasteiger partial charge in [-0.3, -0.25) is 10.1 Å². The van der Waals surface area contributed by atoms with Crippen LogP contribution < -0.4 is 0 Å². The molecule has 0 atom stereocenters. The van der Waals surface area contributed by atoms with Crippen molar-refractivity contribution < 1.29 is 24.0 Å². The number of non-ortho nitro benzene ring substituents is 1. The van der Waals surface area contributed by atoms with Gasteiger partial charge in [0.25, 0.3) is 5.69 Å². The normalized spacial score (nSPS) is 10.6. The standard InChI is InChI=1S/C13H12N2O6/c1-7-3-8(5-9(4-7)15(18)19)12-14-10(6-20-2)11(21-12)13(16)17/h3-5H,6H2,1-2H3,(H,16,17). The quantitative estimate of drug-likeness (QED) is 0.664. The van der Waals surface area contributed by atoms with E-state index in [4.69, 9.17) is 14.3 Å². The largest absolute Gasteiger partial charge is 0.475 e. The summed E-state index contributed by atoms with van der Waals surface area (Å²) in [6, 6.07) is 4.31. The van der Waals surface area contributed by atoms with Crippen molar-refractivity contribution in [2.24, 2.45) is 0 Å². The van der Waals surface area contributed by atoms with Crippen molar-refractivity contribution >= 4 is 11.7 Å². The molecule has 8 heteroatoms. The molecule has 0 saturated carbocycles. The minimum Gasteiger partial charge on any atom is -0.475 e. The smallest absolute Gasteiger partial charge is 0.373 e.